The standard InChI is InChI=1S/C23H21F3N2O/c1-16-8-10-19(11-9-16)22(29)28-21-7-3-5-18(13-21)15-27-14-17-4-2-6-20(12-17)23(24,25)26/h2-13,27H,14-15H2,1H3,(H,28,29). The van der Waals surface area contributed by atoms with Crippen LogP contribution in [-0.4, -0.2) is 5.91 Å². The number of halogens is 3. The van der Waals surface area contributed by atoms with Gasteiger partial charge in [-0.15, -0.1) is 0 Å². The fourth-order valence-corrected chi connectivity index (χ4v) is 2.88. The fourth-order valence-electron chi connectivity index (χ4n) is 2.88. The third kappa shape index (κ3) is 5.93. The Balaban J connectivity index is 1.57. The van der Waals surface area contributed by atoms with E-state index < -0.39 is 11.7 Å². The van der Waals surface area contributed by atoms with Crippen molar-refractivity contribution in [2.45, 2.75) is 26.2 Å². The molecule has 1 amide bonds. The SMILES string of the molecule is Cc1ccc(C(=O)Nc2cccc(CNCc3cccc(C(F)(F)F)c3)c2)cc1. The number of carbonyl (C=O) groups excluding carboxylic acids is 1. The number of benzene rings is 3. The smallest absolute Gasteiger partial charge is 0.322 e. The van der Waals surface area contributed by atoms with Gasteiger partial charge in [0.05, 0.1) is 5.56 Å². The van der Waals surface area contributed by atoms with Gasteiger partial charge in [-0.05, 0) is 48.4 Å². The summed E-state index contributed by atoms with van der Waals surface area (Å²) in [5.41, 5.74) is 3.13. The Kier molecular flexibility index (Phi) is 6.34. The van der Waals surface area contributed by atoms with Crippen molar-refractivity contribution in [2.24, 2.45) is 0 Å². The minimum Gasteiger partial charge on any atom is -0.322 e. The van der Waals surface area contributed by atoms with Crippen molar-refractivity contribution >= 4 is 11.6 Å². The molecule has 0 saturated heterocycles. The van der Waals surface area contributed by atoms with Gasteiger partial charge in [0, 0.05) is 24.3 Å². The topological polar surface area (TPSA) is 41.1 Å². The van der Waals surface area contributed by atoms with Crippen LogP contribution in [0.3, 0.4) is 0 Å². The number of nitrogens with one attached hydrogen (secondary N) is 2. The molecule has 0 bridgehead atoms. The molecule has 0 fully saturated rings. The van der Waals surface area contributed by atoms with Gasteiger partial charge in [-0.2, -0.15) is 13.2 Å². The molecule has 0 radical (unpaired) electrons. The van der Waals surface area contributed by atoms with E-state index in [2.05, 4.69) is 10.6 Å². The Bertz CT molecular complexity index is 982. The molecule has 3 aromatic rings. The maximum atomic E-state index is 12.8. The van der Waals surface area contributed by atoms with Crippen LogP contribution >= 0.6 is 0 Å². The Hall–Kier alpha value is -3.12. The van der Waals surface area contributed by atoms with Gasteiger partial charge in [0.25, 0.3) is 5.91 Å². The predicted octanol–water partition coefficient (Wildman–Crippen LogP) is 5.56. The van der Waals surface area contributed by atoms with Gasteiger partial charge in [0.1, 0.15) is 0 Å². The van der Waals surface area contributed by atoms with Crippen LogP contribution in [0, 0.1) is 6.92 Å². The van der Waals surface area contributed by atoms with Gasteiger partial charge < -0.3 is 10.6 Å². The van der Waals surface area contributed by atoms with E-state index in [0.717, 1.165) is 23.3 Å². The zero-order valence-electron chi connectivity index (χ0n) is 15.9. The highest BCUT2D eigenvalue weighted by Gasteiger charge is 2.30. The molecule has 0 aromatic heterocycles. The van der Waals surface area contributed by atoms with E-state index in [1.807, 2.05) is 37.3 Å². The zero-order chi connectivity index (χ0) is 20.9. The van der Waals surface area contributed by atoms with E-state index in [0.29, 0.717) is 29.9 Å². The van der Waals surface area contributed by atoms with Crippen LogP contribution in [0.4, 0.5) is 18.9 Å². The molecule has 0 aliphatic rings. The van der Waals surface area contributed by atoms with E-state index in [4.69, 9.17) is 0 Å². The van der Waals surface area contributed by atoms with Gasteiger partial charge in [0.15, 0.2) is 0 Å². The number of carbonyl (C=O) groups is 1. The van der Waals surface area contributed by atoms with Crippen LogP contribution in [0.2, 0.25) is 0 Å². The van der Waals surface area contributed by atoms with Gasteiger partial charge >= 0.3 is 6.18 Å². The molecular formula is C23H21F3N2O. The Morgan fingerprint density at radius 2 is 1.48 bits per heavy atom. The summed E-state index contributed by atoms with van der Waals surface area (Å²) >= 11 is 0. The van der Waals surface area contributed by atoms with E-state index in [1.165, 1.54) is 6.07 Å². The monoisotopic (exact) mass is 398 g/mol. The lowest BCUT2D eigenvalue weighted by Gasteiger charge is -2.11. The molecule has 0 saturated carbocycles. The van der Waals surface area contributed by atoms with Crippen LogP contribution in [0.5, 0.6) is 0 Å². The summed E-state index contributed by atoms with van der Waals surface area (Å²) in [5.74, 6) is -0.195. The number of hydrogen-bond donors (Lipinski definition) is 2. The van der Waals surface area contributed by atoms with E-state index in [-0.39, 0.29) is 5.91 Å². The highest BCUT2D eigenvalue weighted by atomic mass is 19.4. The largest absolute Gasteiger partial charge is 0.416 e. The molecule has 0 spiro atoms. The lowest BCUT2D eigenvalue weighted by atomic mass is 10.1. The Labute approximate surface area is 167 Å². The predicted molar refractivity (Wildman–Crippen MR) is 108 cm³/mol. The molecule has 150 valence electrons. The fraction of sp³-hybridized carbons (Fsp3) is 0.174. The number of rotatable bonds is 6. The molecule has 0 aliphatic heterocycles. The average molecular weight is 398 g/mol. The van der Waals surface area contributed by atoms with Gasteiger partial charge in [-0.3, -0.25) is 4.79 Å². The van der Waals surface area contributed by atoms with Crippen molar-refractivity contribution in [1.82, 2.24) is 5.32 Å². The molecule has 0 aliphatic carbocycles. The maximum Gasteiger partial charge on any atom is 0.416 e. The van der Waals surface area contributed by atoms with Crippen molar-refractivity contribution in [1.29, 1.82) is 0 Å². The second kappa shape index (κ2) is 8.92. The molecule has 3 aromatic carbocycles. The first kappa shape index (κ1) is 20.6. The lowest BCUT2D eigenvalue weighted by molar-refractivity contribution is -0.137. The summed E-state index contributed by atoms with van der Waals surface area (Å²) in [4.78, 5) is 12.3. The van der Waals surface area contributed by atoms with E-state index in [1.54, 1.807) is 24.3 Å². The second-order valence-electron chi connectivity index (χ2n) is 6.82. The molecule has 29 heavy (non-hydrogen) atoms. The summed E-state index contributed by atoms with van der Waals surface area (Å²) in [5, 5.41) is 5.99. The second-order valence-corrected chi connectivity index (χ2v) is 6.82. The lowest BCUT2D eigenvalue weighted by Crippen LogP contribution is -2.15. The quantitative estimate of drug-likeness (QED) is 0.571. The van der Waals surface area contributed by atoms with E-state index in [9.17, 15) is 18.0 Å². The molecule has 2 N–H and O–H groups in total. The Morgan fingerprint density at radius 1 is 0.862 bits per heavy atom. The maximum absolute atomic E-state index is 12.8. The third-order valence-corrected chi connectivity index (χ3v) is 4.41. The number of hydrogen-bond acceptors (Lipinski definition) is 2. The number of anilines is 1. The zero-order valence-corrected chi connectivity index (χ0v) is 15.9. The Morgan fingerprint density at radius 3 is 2.14 bits per heavy atom. The molecule has 0 unspecified atom stereocenters. The van der Waals surface area contributed by atoms with Gasteiger partial charge in [-0.25, -0.2) is 0 Å². The highest BCUT2D eigenvalue weighted by molar-refractivity contribution is 6.04. The van der Waals surface area contributed by atoms with Crippen molar-refractivity contribution < 1.29 is 18.0 Å². The van der Waals surface area contributed by atoms with Crippen LogP contribution in [0.15, 0.2) is 72.8 Å². The van der Waals surface area contributed by atoms with Crippen molar-refractivity contribution in [3.8, 4) is 0 Å². The molecule has 3 nitrogen and oxygen atoms in total. The average Bonchev–Trinajstić information content (AvgIpc) is 2.68. The minimum atomic E-state index is -4.35. The van der Waals surface area contributed by atoms with Crippen LogP contribution < -0.4 is 10.6 Å². The highest BCUT2D eigenvalue weighted by Crippen LogP contribution is 2.29. The van der Waals surface area contributed by atoms with Gasteiger partial charge in [0.2, 0.25) is 0 Å². The number of amides is 1. The van der Waals surface area contributed by atoms with Crippen LogP contribution in [-0.2, 0) is 19.3 Å². The molecule has 0 atom stereocenters. The normalized spacial score (nSPS) is 11.3. The third-order valence-electron chi connectivity index (χ3n) is 4.41. The summed E-state index contributed by atoms with van der Waals surface area (Å²) in [6.45, 7) is 2.73. The summed E-state index contributed by atoms with van der Waals surface area (Å²) in [6, 6.07) is 19.9. The minimum absolute atomic E-state index is 0.195. The van der Waals surface area contributed by atoms with Crippen molar-refractivity contribution in [3.63, 3.8) is 0 Å². The van der Waals surface area contributed by atoms with Crippen molar-refractivity contribution in [2.75, 3.05) is 5.32 Å². The molecule has 0 heterocycles. The number of aryl methyl sites for hydroxylation is 1. The number of alkyl halides is 3. The molecule has 6 heteroatoms. The summed E-state index contributed by atoms with van der Waals surface area (Å²) < 4.78 is 38.4. The summed E-state index contributed by atoms with van der Waals surface area (Å²) in [6.07, 6.45) is -4.35. The van der Waals surface area contributed by atoms with Crippen LogP contribution in [0.1, 0.15) is 32.6 Å². The van der Waals surface area contributed by atoms with Crippen LogP contribution in [0.25, 0.3) is 0 Å². The first-order valence-electron chi connectivity index (χ1n) is 9.15. The first-order valence-corrected chi connectivity index (χ1v) is 9.15. The first-order chi connectivity index (χ1) is 13.8. The van der Waals surface area contributed by atoms with Crippen molar-refractivity contribution in [3.05, 3.63) is 101 Å². The van der Waals surface area contributed by atoms with Gasteiger partial charge in [-0.1, -0.05) is 48.0 Å². The molecule has 3 rings (SSSR count). The molecular weight excluding hydrogens is 377 g/mol. The van der Waals surface area contributed by atoms with E-state index >= 15 is 0 Å². The summed E-state index contributed by atoms with van der Waals surface area (Å²) in [7, 11) is 0.